The van der Waals surface area contributed by atoms with Crippen molar-refractivity contribution >= 4 is 55.1 Å². The van der Waals surface area contributed by atoms with Crippen molar-refractivity contribution in [2.45, 2.75) is 61.8 Å². The van der Waals surface area contributed by atoms with Gasteiger partial charge in [0.15, 0.2) is 5.82 Å². The average Bonchev–Trinajstić information content (AvgIpc) is 3.54. The summed E-state index contributed by atoms with van der Waals surface area (Å²) in [7, 11) is 26.1. The summed E-state index contributed by atoms with van der Waals surface area (Å²) in [5, 5.41) is 18.0. The fraction of sp³-hybridized carbons (Fsp3) is 0.538. The van der Waals surface area contributed by atoms with Crippen molar-refractivity contribution < 1.29 is 27.8 Å². The molecular weight excluding hydrogens is 591 g/mol. The Morgan fingerprint density at radius 1 is 1.20 bits per heavy atom. The lowest BCUT2D eigenvalue weighted by atomic mass is 9.34. The molecule has 2 unspecified atom stereocenters. The normalized spacial score (nSPS) is 20.6. The zero-order chi connectivity index (χ0) is 33.0. The highest BCUT2D eigenvalue weighted by molar-refractivity contribution is 7.98. The second-order valence-electron chi connectivity index (χ2n) is 12.1. The Hall–Kier alpha value is -3.00. The molecule has 2 atom stereocenters. The number of halogens is 3. The van der Waals surface area contributed by atoms with Crippen LogP contribution < -0.4 is 14.4 Å². The molecule has 1 fully saturated rings. The summed E-state index contributed by atoms with van der Waals surface area (Å²) in [6, 6.07) is 4.39. The molecule has 226 valence electrons. The minimum Gasteiger partial charge on any atom is -0.476 e. The molecular formula is C26H30B4F3N7O3S. The van der Waals surface area contributed by atoms with Gasteiger partial charge in [0.25, 0.3) is 5.91 Å². The van der Waals surface area contributed by atoms with E-state index in [0.717, 1.165) is 30.7 Å². The first-order valence-corrected chi connectivity index (χ1v) is 14.3. The lowest BCUT2D eigenvalue weighted by molar-refractivity contribution is -0.219. The van der Waals surface area contributed by atoms with Gasteiger partial charge in [-0.2, -0.15) is 18.3 Å². The number of rotatable bonds is 9. The largest absolute Gasteiger partial charge is 0.476 e. The van der Waals surface area contributed by atoms with Crippen molar-refractivity contribution in [1.82, 2.24) is 29.3 Å². The van der Waals surface area contributed by atoms with Crippen LogP contribution in [0, 0.1) is 18.3 Å². The highest BCUT2D eigenvalue weighted by Gasteiger charge is 2.58. The Balaban J connectivity index is 1.72. The van der Waals surface area contributed by atoms with Gasteiger partial charge in [0.2, 0.25) is 5.88 Å². The zero-order valence-corrected chi connectivity index (χ0v) is 26.0. The first-order valence-electron chi connectivity index (χ1n) is 13.5. The maximum absolute atomic E-state index is 13.5. The fourth-order valence-corrected chi connectivity index (χ4v) is 5.42. The number of nitrogens with zero attached hydrogens (tertiary/aromatic N) is 6. The minimum absolute atomic E-state index is 0.0622. The maximum Gasteiger partial charge on any atom is 0.397 e. The molecule has 0 saturated carbocycles. The van der Waals surface area contributed by atoms with Crippen molar-refractivity contribution in [2.75, 3.05) is 18.1 Å². The number of pyridine rings is 1. The van der Waals surface area contributed by atoms with Gasteiger partial charge in [0, 0.05) is 37.6 Å². The summed E-state index contributed by atoms with van der Waals surface area (Å²) in [5.41, 5.74) is -4.60. The number of carbonyl (C=O) groups excluding carboxylic acids is 1. The van der Waals surface area contributed by atoms with E-state index in [1.54, 1.807) is 43.6 Å². The van der Waals surface area contributed by atoms with E-state index in [9.17, 15) is 23.1 Å². The van der Waals surface area contributed by atoms with E-state index in [1.165, 1.54) is 29.1 Å². The molecule has 1 amide bonds. The van der Waals surface area contributed by atoms with Crippen LogP contribution in [-0.2, 0) is 7.05 Å². The number of amides is 1. The van der Waals surface area contributed by atoms with Crippen molar-refractivity contribution in [3.8, 4) is 11.7 Å². The number of aryl methyl sites for hydroxylation is 2. The molecule has 0 aliphatic carbocycles. The molecule has 1 aliphatic rings. The number of carbonyl (C=O) groups is 1. The van der Waals surface area contributed by atoms with Gasteiger partial charge < -0.3 is 14.7 Å². The molecule has 8 radical (unpaired) electrons. The topological polar surface area (TPSA) is 110 Å². The van der Waals surface area contributed by atoms with Gasteiger partial charge in [0.05, 0.1) is 50.6 Å². The van der Waals surface area contributed by atoms with Crippen LogP contribution in [0.3, 0.4) is 0 Å². The first kappa shape index (κ1) is 33.9. The number of anilines is 1. The SMILES string of the molecule is [B]C([B])([B])C1CN(c2nc(-n3ccc(OCC(C)(C)C(F)(F)F)n3)ccc2C(=O)NSc2cn(C)nc2C)C(C)(C)C1([B])O. The molecule has 1 saturated heterocycles. The summed E-state index contributed by atoms with van der Waals surface area (Å²) in [6.07, 6.45) is -1.28. The van der Waals surface area contributed by atoms with Crippen LogP contribution in [0.2, 0.25) is 5.11 Å². The van der Waals surface area contributed by atoms with Crippen LogP contribution in [0.5, 0.6) is 5.88 Å². The van der Waals surface area contributed by atoms with Gasteiger partial charge in [-0.05, 0) is 64.6 Å². The first-order chi connectivity index (χ1) is 20.1. The van der Waals surface area contributed by atoms with Gasteiger partial charge in [-0.1, -0.05) is 0 Å². The summed E-state index contributed by atoms with van der Waals surface area (Å²) < 4.78 is 50.9. The Bertz CT molecular complexity index is 1540. The van der Waals surface area contributed by atoms with E-state index < -0.39 is 46.2 Å². The third kappa shape index (κ3) is 6.37. The Kier molecular flexibility index (Phi) is 8.79. The Morgan fingerprint density at radius 2 is 1.86 bits per heavy atom. The Labute approximate surface area is 263 Å². The van der Waals surface area contributed by atoms with Gasteiger partial charge in [0.1, 0.15) is 20.3 Å². The second kappa shape index (κ2) is 11.4. The zero-order valence-electron chi connectivity index (χ0n) is 25.2. The van der Waals surface area contributed by atoms with E-state index in [1.807, 2.05) is 0 Å². The minimum atomic E-state index is -4.48. The summed E-state index contributed by atoms with van der Waals surface area (Å²) in [5.74, 6) is -1.35. The van der Waals surface area contributed by atoms with Gasteiger partial charge in [-0.25, -0.2) is 9.67 Å². The van der Waals surface area contributed by atoms with Crippen LogP contribution in [0.4, 0.5) is 19.0 Å². The van der Waals surface area contributed by atoms with E-state index in [0.29, 0.717) is 5.69 Å². The lowest BCUT2D eigenvalue weighted by Crippen LogP contribution is -2.58. The van der Waals surface area contributed by atoms with Gasteiger partial charge in [-0.15, -0.1) is 10.2 Å². The lowest BCUT2D eigenvalue weighted by Gasteiger charge is -2.45. The monoisotopic (exact) mass is 621 g/mol. The smallest absolute Gasteiger partial charge is 0.397 e. The molecule has 0 bridgehead atoms. The van der Waals surface area contributed by atoms with Crippen molar-refractivity contribution in [1.29, 1.82) is 0 Å². The number of aliphatic hydroxyl groups is 1. The molecule has 0 aromatic carbocycles. The number of alkyl halides is 3. The molecule has 4 heterocycles. The van der Waals surface area contributed by atoms with E-state index >= 15 is 0 Å². The summed E-state index contributed by atoms with van der Waals surface area (Å²) >= 11 is 1.06. The predicted molar refractivity (Wildman–Crippen MR) is 164 cm³/mol. The molecule has 0 spiro atoms. The molecule has 18 heteroatoms. The Morgan fingerprint density at radius 3 is 2.41 bits per heavy atom. The third-order valence-electron chi connectivity index (χ3n) is 7.89. The standard InChI is InChI=1S/C26H30B4F3N7O3S/c1-14-16(11-38(6)35-14)44-37-21(41)15-7-8-18(40-10-9-19(36-40)43-13-22(2,3)26(31,32)33)34-20(15)39-12-17(25(28,29)30)24(27,42)23(39,4)5/h7-11,17,42H,12-13H2,1-6H3,(H,37,41). The average molecular weight is 621 g/mol. The van der Waals surface area contributed by atoms with Gasteiger partial charge >= 0.3 is 6.18 Å². The van der Waals surface area contributed by atoms with Crippen LogP contribution >= 0.6 is 11.9 Å². The molecule has 4 rings (SSSR count). The molecule has 3 aromatic rings. The molecule has 44 heavy (non-hydrogen) atoms. The number of hydrogen-bond acceptors (Lipinski definition) is 8. The van der Waals surface area contributed by atoms with E-state index in [2.05, 4.69) is 19.9 Å². The molecule has 2 N–H and O–H groups in total. The van der Waals surface area contributed by atoms with Crippen LogP contribution in [0.15, 0.2) is 35.5 Å². The quantitative estimate of drug-likeness (QED) is 0.277. The van der Waals surface area contributed by atoms with E-state index in [-0.39, 0.29) is 29.6 Å². The highest BCUT2D eigenvalue weighted by atomic mass is 32.2. The third-order valence-corrected chi connectivity index (χ3v) is 8.79. The predicted octanol–water partition coefficient (Wildman–Crippen LogP) is 2.36. The van der Waals surface area contributed by atoms with E-state index in [4.69, 9.17) is 36.1 Å². The van der Waals surface area contributed by atoms with Crippen LogP contribution in [-0.4, -0.2) is 97.3 Å². The van der Waals surface area contributed by atoms with Crippen LogP contribution in [0.25, 0.3) is 5.82 Å². The second-order valence-corrected chi connectivity index (χ2v) is 13.0. The number of ether oxygens (including phenoxy) is 1. The fourth-order valence-electron chi connectivity index (χ4n) is 4.71. The summed E-state index contributed by atoms with van der Waals surface area (Å²) in [6.45, 7) is 6.38. The molecule has 1 aliphatic heterocycles. The van der Waals surface area contributed by atoms with Crippen molar-refractivity contribution in [3.05, 3.63) is 41.9 Å². The summed E-state index contributed by atoms with van der Waals surface area (Å²) in [4.78, 5) is 20.5. The van der Waals surface area contributed by atoms with Crippen LogP contribution in [0.1, 0.15) is 43.7 Å². The molecule has 3 aromatic heterocycles. The van der Waals surface area contributed by atoms with Gasteiger partial charge in [-0.3, -0.25) is 14.2 Å². The number of aromatic nitrogens is 5. The number of hydrogen-bond donors (Lipinski definition) is 2. The number of nitrogens with one attached hydrogen (secondary N) is 1. The highest BCUT2D eigenvalue weighted by Crippen LogP contribution is 2.49. The van der Waals surface area contributed by atoms with Crippen molar-refractivity contribution in [3.63, 3.8) is 0 Å². The maximum atomic E-state index is 13.5. The van der Waals surface area contributed by atoms with Crippen molar-refractivity contribution in [2.24, 2.45) is 18.4 Å². The molecule has 10 nitrogen and oxygen atoms in total.